The molecule has 2 heteroatoms. The molecule has 0 rings (SSSR count). The summed E-state index contributed by atoms with van der Waals surface area (Å²) in [5, 5.41) is 0.122. The molecule has 0 saturated carbocycles. The molecule has 0 aromatic rings. The first-order valence-electron chi connectivity index (χ1n) is 4.71. The van der Waals surface area contributed by atoms with Gasteiger partial charge in [0.25, 0.3) is 0 Å². The van der Waals surface area contributed by atoms with Gasteiger partial charge < -0.3 is 4.74 Å². The highest BCUT2D eigenvalue weighted by Gasteiger charge is 2.36. The molecule has 1 nitrogen and oxygen atoms in total. The summed E-state index contributed by atoms with van der Waals surface area (Å²) in [6, 6.07) is 0. The Hall–Kier alpha value is 0.0249. The van der Waals surface area contributed by atoms with Crippen LogP contribution in [-0.4, -0.2) is 19.0 Å². The van der Waals surface area contributed by atoms with Gasteiger partial charge in [-0.2, -0.15) is 0 Å². The van der Waals surface area contributed by atoms with Gasteiger partial charge in [0.2, 0.25) is 0 Å². The van der Waals surface area contributed by atoms with Crippen molar-refractivity contribution in [1.82, 2.24) is 0 Å². The number of rotatable bonds is 4. The van der Waals surface area contributed by atoms with Crippen molar-refractivity contribution in [2.45, 2.75) is 65.4 Å². The average molecular weight is 169 g/mol. The summed E-state index contributed by atoms with van der Waals surface area (Å²) in [7, 11) is 2.20. The largest absolute Gasteiger partial charge is 0.373 e. The maximum Gasteiger partial charge on any atom is 0.117 e. The van der Waals surface area contributed by atoms with Crippen LogP contribution < -0.4 is 0 Å². The predicted octanol–water partition coefficient (Wildman–Crippen LogP) is 3.14. The molecule has 0 heterocycles. The molecule has 0 amide bonds. The average Bonchev–Trinajstić information content (AvgIpc) is 1.84. The smallest absolute Gasteiger partial charge is 0.117 e. The monoisotopic (exact) mass is 169 g/mol. The molecule has 0 aromatic heterocycles. The predicted molar refractivity (Wildman–Crippen MR) is 56.0 cm³/mol. The fourth-order valence-electron chi connectivity index (χ4n) is 1.09. The van der Waals surface area contributed by atoms with E-state index in [4.69, 9.17) is 4.74 Å². The van der Waals surface area contributed by atoms with Crippen molar-refractivity contribution in [3.63, 3.8) is 0 Å². The van der Waals surface area contributed by atoms with Gasteiger partial charge in [0.05, 0.1) is 11.7 Å². The number of hydrogen-bond donors (Lipinski definition) is 0. The minimum atomic E-state index is -0.0874. The van der Waals surface area contributed by atoms with Crippen LogP contribution in [0.2, 0.25) is 12.1 Å². The lowest BCUT2D eigenvalue weighted by atomic mass is 9.49. The summed E-state index contributed by atoms with van der Waals surface area (Å²) >= 11 is 0. The Kier molecular flexibility index (Phi) is 3.83. The molecule has 0 aliphatic carbocycles. The summed E-state index contributed by atoms with van der Waals surface area (Å²) in [5.74, 6) is 0. The third-order valence-electron chi connectivity index (χ3n) is 2.80. The van der Waals surface area contributed by atoms with Gasteiger partial charge in [-0.3, -0.25) is 0 Å². The summed E-state index contributed by atoms with van der Waals surface area (Å²) in [4.78, 5) is 0. The molecule has 0 spiro atoms. The van der Waals surface area contributed by atoms with E-state index in [1.807, 2.05) is 0 Å². The molecule has 0 atom stereocenters. The van der Waals surface area contributed by atoms with E-state index in [2.05, 4.69) is 55.6 Å². The van der Waals surface area contributed by atoms with E-state index in [0.717, 1.165) is 0 Å². The van der Waals surface area contributed by atoms with Gasteiger partial charge in [0.15, 0.2) is 0 Å². The van der Waals surface area contributed by atoms with E-state index in [0.29, 0.717) is 6.10 Å². The van der Waals surface area contributed by atoms with Crippen LogP contribution in [0.15, 0.2) is 0 Å². The SMILES string of the molecule is C[B]C(C)(C)C(C)(C)OC(C)C. The molecular weight excluding hydrogens is 147 g/mol. The van der Waals surface area contributed by atoms with E-state index in [1.54, 1.807) is 0 Å². The molecule has 0 N–H and O–H groups in total. The highest BCUT2D eigenvalue weighted by molar-refractivity contribution is 6.38. The fraction of sp³-hybridized carbons (Fsp3) is 1.00. The highest BCUT2D eigenvalue weighted by atomic mass is 16.5. The van der Waals surface area contributed by atoms with Crippen molar-refractivity contribution in [2.75, 3.05) is 0 Å². The Labute approximate surface area is 78.1 Å². The standard InChI is InChI=1S/C10H22BO/c1-8(2)12-10(5,6)9(3,4)11-7/h8H,1-7H3. The maximum atomic E-state index is 5.86. The molecule has 71 valence electrons. The lowest BCUT2D eigenvalue weighted by Gasteiger charge is -2.42. The van der Waals surface area contributed by atoms with E-state index in [9.17, 15) is 0 Å². The summed E-state index contributed by atoms with van der Waals surface area (Å²) < 4.78 is 5.86. The third kappa shape index (κ3) is 2.82. The lowest BCUT2D eigenvalue weighted by molar-refractivity contribution is -0.0782. The van der Waals surface area contributed by atoms with Gasteiger partial charge in [-0.15, -0.1) is 0 Å². The van der Waals surface area contributed by atoms with Gasteiger partial charge >= 0.3 is 0 Å². The van der Waals surface area contributed by atoms with Crippen LogP contribution in [0.25, 0.3) is 0 Å². The first kappa shape index (κ1) is 12.0. The van der Waals surface area contributed by atoms with Gasteiger partial charge in [-0.25, -0.2) is 0 Å². The lowest BCUT2D eigenvalue weighted by Crippen LogP contribution is -2.41. The molecule has 0 bridgehead atoms. The molecular formula is C10H22BO. The van der Waals surface area contributed by atoms with Crippen molar-refractivity contribution in [3.05, 3.63) is 0 Å². The van der Waals surface area contributed by atoms with Gasteiger partial charge in [0, 0.05) is 0 Å². The Morgan fingerprint density at radius 1 is 1.08 bits per heavy atom. The van der Waals surface area contributed by atoms with Gasteiger partial charge in [-0.05, 0) is 33.0 Å². The van der Waals surface area contributed by atoms with Crippen LogP contribution >= 0.6 is 0 Å². The van der Waals surface area contributed by atoms with E-state index >= 15 is 0 Å². The van der Waals surface area contributed by atoms with Gasteiger partial charge in [0.1, 0.15) is 7.28 Å². The van der Waals surface area contributed by atoms with Crippen molar-refractivity contribution in [2.24, 2.45) is 0 Å². The highest BCUT2D eigenvalue weighted by Crippen LogP contribution is 2.40. The minimum Gasteiger partial charge on any atom is -0.373 e. The van der Waals surface area contributed by atoms with E-state index in [1.165, 1.54) is 0 Å². The summed E-state index contributed by atoms with van der Waals surface area (Å²) in [6.07, 6.45) is 0.291. The second-order valence-corrected chi connectivity index (χ2v) is 4.69. The van der Waals surface area contributed by atoms with Crippen molar-refractivity contribution in [3.8, 4) is 0 Å². The van der Waals surface area contributed by atoms with Crippen LogP contribution in [0.3, 0.4) is 0 Å². The quantitative estimate of drug-likeness (QED) is 0.587. The Bertz CT molecular complexity index is 139. The Morgan fingerprint density at radius 3 is 1.75 bits per heavy atom. The van der Waals surface area contributed by atoms with Crippen LogP contribution in [0.4, 0.5) is 0 Å². The van der Waals surface area contributed by atoms with Crippen LogP contribution in [0, 0.1) is 0 Å². The van der Waals surface area contributed by atoms with Gasteiger partial charge in [-0.1, -0.05) is 20.7 Å². The third-order valence-corrected chi connectivity index (χ3v) is 2.80. The molecule has 0 fully saturated rings. The van der Waals surface area contributed by atoms with Crippen LogP contribution in [0.5, 0.6) is 0 Å². The number of ether oxygens (including phenoxy) is 1. The minimum absolute atomic E-state index is 0.0874. The van der Waals surface area contributed by atoms with Crippen molar-refractivity contribution in [1.29, 1.82) is 0 Å². The second kappa shape index (κ2) is 3.82. The molecule has 0 aliphatic heterocycles. The second-order valence-electron chi connectivity index (χ2n) is 4.69. The molecule has 1 radical (unpaired) electrons. The Balaban J connectivity index is 4.37. The topological polar surface area (TPSA) is 9.23 Å². The summed E-state index contributed by atoms with van der Waals surface area (Å²) in [6.45, 7) is 14.9. The van der Waals surface area contributed by atoms with E-state index in [-0.39, 0.29) is 10.9 Å². The van der Waals surface area contributed by atoms with Crippen molar-refractivity contribution >= 4 is 7.28 Å². The summed E-state index contributed by atoms with van der Waals surface area (Å²) in [5.41, 5.74) is -0.0874. The van der Waals surface area contributed by atoms with Crippen molar-refractivity contribution < 1.29 is 4.74 Å². The zero-order chi connectivity index (χ0) is 9.99. The Morgan fingerprint density at radius 2 is 1.50 bits per heavy atom. The van der Waals surface area contributed by atoms with E-state index < -0.39 is 0 Å². The first-order chi connectivity index (χ1) is 5.23. The molecule has 12 heavy (non-hydrogen) atoms. The maximum absolute atomic E-state index is 5.86. The number of hydrogen-bond acceptors (Lipinski definition) is 1. The normalized spacial score (nSPS) is 13.7. The molecule has 0 saturated heterocycles. The van der Waals surface area contributed by atoms with Crippen LogP contribution in [0.1, 0.15) is 41.5 Å². The first-order valence-corrected chi connectivity index (χ1v) is 4.71. The fourth-order valence-corrected chi connectivity index (χ4v) is 1.09. The van der Waals surface area contributed by atoms with Crippen LogP contribution in [-0.2, 0) is 4.74 Å². The zero-order valence-electron chi connectivity index (χ0n) is 9.56. The zero-order valence-corrected chi connectivity index (χ0v) is 9.56. The molecule has 0 aromatic carbocycles. The molecule has 0 unspecified atom stereocenters. The molecule has 0 aliphatic rings.